The minimum absolute atomic E-state index is 0.327. The minimum atomic E-state index is -0.582. The number of halogens is 1. The monoisotopic (exact) mass is 422 g/mol. The lowest BCUT2D eigenvalue weighted by molar-refractivity contribution is 0.0537. The first-order valence-corrected chi connectivity index (χ1v) is 9.47. The molecule has 140 valence electrons. The second kappa shape index (κ2) is 6.95. The van der Waals surface area contributed by atoms with Crippen molar-refractivity contribution in [2.24, 2.45) is 0 Å². The van der Waals surface area contributed by atoms with E-state index in [-0.39, 0.29) is 6.09 Å². The van der Waals surface area contributed by atoms with Gasteiger partial charge in [-0.2, -0.15) is 0 Å². The van der Waals surface area contributed by atoms with Crippen molar-refractivity contribution in [2.75, 3.05) is 13.2 Å². The Balaban J connectivity index is 2.08. The van der Waals surface area contributed by atoms with Gasteiger partial charge in [-0.3, -0.25) is 0 Å². The number of benzene rings is 1. The molecule has 0 spiro atoms. The number of rotatable bonds is 1. The van der Waals surface area contributed by atoms with Gasteiger partial charge < -0.3 is 14.4 Å². The van der Waals surface area contributed by atoms with E-state index in [0.717, 1.165) is 26.6 Å². The van der Waals surface area contributed by atoms with Gasteiger partial charge in [0.1, 0.15) is 5.60 Å². The number of fused-ring (bicyclic) bond motifs is 3. The van der Waals surface area contributed by atoms with E-state index in [0.29, 0.717) is 26.1 Å². The van der Waals surface area contributed by atoms with Crippen molar-refractivity contribution in [3.63, 3.8) is 0 Å². The van der Waals surface area contributed by atoms with Gasteiger partial charge in [-0.25, -0.2) is 14.2 Å². The molecule has 0 saturated carbocycles. The molecular weight excluding hydrogens is 400 g/mol. The van der Waals surface area contributed by atoms with Crippen LogP contribution in [-0.4, -0.2) is 40.4 Å². The Bertz CT molecular complexity index is 867. The van der Waals surface area contributed by atoms with Gasteiger partial charge >= 0.3 is 12.2 Å². The Labute approximate surface area is 161 Å². The number of hydrogen-bond acceptors (Lipinski definition) is 4. The highest BCUT2D eigenvalue weighted by Gasteiger charge is 2.31. The average Bonchev–Trinajstić information content (AvgIpc) is 2.86. The van der Waals surface area contributed by atoms with Gasteiger partial charge in [-0.05, 0) is 45.9 Å². The highest BCUT2D eigenvalue weighted by molar-refractivity contribution is 9.10. The third-order valence-corrected chi connectivity index (χ3v) is 4.71. The second-order valence-electron chi connectivity index (χ2n) is 7.27. The van der Waals surface area contributed by atoms with Crippen LogP contribution in [0.3, 0.4) is 0 Å². The normalized spacial score (nSPS) is 14.3. The summed E-state index contributed by atoms with van der Waals surface area (Å²) in [5.41, 5.74) is 2.07. The molecule has 1 amide bonds. The molecule has 0 unspecified atom stereocenters. The van der Waals surface area contributed by atoms with E-state index in [4.69, 9.17) is 9.47 Å². The Morgan fingerprint density at radius 1 is 1.23 bits per heavy atom. The van der Waals surface area contributed by atoms with E-state index in [2.05, 4.69) is 15.9 Å². The molecule has 1 aromatic heterocycles. The second-order valence-corrected chi connectivity index (χ2v) is 8.19. The Kier molecular flexibility index (Phi) is 5.01. The molecule has 0 aliphatic carbocycles. The first-order chi connectivity index (χ1) is 12.2. The van der Waals surface area contributed by atoms with Crippen LogP contribution >= 0.6 is 15.9 Å². The van der Waals surface area contributed by atoms with E-state index >= 15 is 0 Å². The summed E-state index contributed by atoms with van der Waals surface area (Å²) in [5, 5.41) is 0.939. The van der Waals surface area contributed by atoms with Crippen molar-refractivity contribution in [3.8, 4) is 0 Å². The quantitative estimate of drug-likeness (QED) is 0.667. The standard InChI is InChI=1S/C19H23BrN2O4/c1-5-25-17(23)21-9-8-16-14(11-21)13-10-12(20)6-7-15(13)22(16)18(24)26-19(2,3)4/h6-7,10H,5,8-9,11H2,1-4H3. The molecule has 1 aromatic carbocycles. The lowest BCUT2D eigenvalue weighted by atomic mass is 10.0. The summed E-state index contributed by atoms with van der Waals surface area (Å²) in [4.78, 5) is 26.6. The number of ether oxygens (including phenoxy) is 2. The maximum Gasteiger partial charge on any atom is 0.419 e. The summed E-state index contributed by atoms with van der Waals surface area (Å²) in [6.07, 6.45) is -0.151. The third kappa shape index (κ3) is 3.58. The molecule has 2 heterocycles. The molecule has 0 atom stereocenters. The van der Waals surface area contributed by atoms with Crippen LogP contribution in [0.2, 0.25) is 0 Å². The lowest BCUT2D eigenvalue weighted by Crippen LogP contribution is -2.37. The number of amides is 1. The fourth-order valence-corrected chi connectivity index (χ4v) is 3.58. The number of carbonyl (C=O) groups excluding carboxylic acids is 2. The van der Waals surface area contributed by atoms with Crippen molar-refractivity contribution < 1.29 is 19.1 Å². The predicted molar refractivity (Wildman–Crippen MR) is 102 cm³/mol. The van der Waals surface area contributed by atoms with Crippen LogP contribution in [0.15, 0.2) is 22.7 Å². The van der Waals surface area contributed by atoms with Crippen molar-refractivity contribution in [1.82, 2.24) is 9.47 Å². The van der Waals surface area contributed by atoms with Crippen molar-refractivity contribution in [1.29, 1.82) is 0 Å². The smallest absolute Gasteiger partial charge is 0.419 e. The van der Waals surface area contributed by atoms with Crippen LogP contribution in [-0.2, 0) is 22.4 Å². The van der Waals surface area contributed by atoms with Gasteiger partial charge in [-0.1, -0.05) is 15.9 Å². The van der Waals surface area contributed by atoms with E-state index < -0.39 is 11.7 Å². The number of carbonyl (C=O) groups is 2. The van der Waals surface area contributed by atoms with E-state index in [1.54, 1.807) is 16.4 Å². The Morgan fingerprint density at radius 3 is 2.62 bits per heavy atom. The number of nitrogens with zero attached hydrogens (tertiary/aromatic N) is 2. The molecule has 0 radical (unpaired) electrons. The van der Waals surface area contributed by atoms with Crippen molar-refractivity contribution >= 4 is 39.0 Å². The van der Waals surface area contributed by atoms with Crippen LogP contribution in [0.1, 0.15) is 39.0 Å². The zero-order valence-electron chi connectivity index (χ0n) is 15.5. The summed E-state index contributed by atoms with van der Waals surface area (Å²) >= 11 is 3.49. The maximum atomic E-state index is 12.8. The molecule has 0 fully saturated rings. The minimum Gasteiger partial charge on any atom is -0.450 e. The summed E-state index contributed by atoms with van der Waals surface area (Å²) in [5.74, 6) is 0. The summed E-state index contributed by atoms with van der Waals surface area (Å²) < 4.78 is 13.3. The van der Waals surface area contributed by atoms with Gasteiger partial charge in [0.05, 0.1) is 18.7 Å². The fraction of sp³-hybridized carbons (Fsp3) is 0.474. The van der Waals surface area contributed by atoms with E-state index in [9.17, 15) is 9.59 Å². The molecular formula is C19H23BrN2O4. The third-order valence-electron chi connectivity index (χ3n) is 4.21. The molecule has 1 aliphatic rings. The lowest BCUT2D eigenvalue weighted by Gasteiger charge is -2.27. The molecule has 2 aromatic rings. The molecule has 1 aliphatic heterocycles. The van der Waals surface area contributed by atoms with Gasteiger partial charge in [0, 0.05) is 34.1 Å². The van der Waals surface area contributed by atoms with Gasteiger partial charge in [0.25, 0.3) is 0 Å². The zero-order valence-corrected chi connectivity index (χ0v) is 17.1. The van der Waals surface area contributed by atoms with E-state index in [1.807, 2.05) is 39.0 Å². The van der Waals surface area contributed by atoms with Crippen molar-refractivity contribution in [2.45, 2.75) is 46.3 Å². The highest BCUT2D eigenvalue weighted by atomic mass is 79.9. The first-order valence-electron chi connectivity index (χ1n) is 8.68. The predicted octanol–water partition coefficient (Wildman–Crippen LogP) is 4.70. The molecule has 0 N–H and O–H groups in total. The molecule has 0 bridgehead atoms. The summed E-state index contributed by atoms with van der Waals surface area (Å²) in [7, 11) is 0. The van der Waals surface area contributed by atoms with E-state index in [1.165, 1.54) is 0 Å². The average molecular weight is 423 g/mol. The van der Waals surface area contributed by atoms with Gasteiger partial charge in [-0.15, -0.1) is 0 Å². The fourth-order valence-electron chi connectivity index (χ4n) is 3.22. The van der Waals surface area contributed by atoms with Gasteiger partial charge in [0.15, 0.2) is 0 Å². The SMILES string of the molecule is CCOC(=O)N1CCc2c(c3cc(Br)ccc3n2C(=O)OC(C)(C)C)C1. The van der Waals surface area contributed by atoms with Gasteiger partial charge in [0.2, 0.25) is 0 Å². The van der Waals surface area contributed by atoms with Crippen molar-refractivity contribution in [3.05, 3.63) is 33.9 Å². The molecule has 0 saturated heterocycles. The molecule has 3 rings (SSSR count). The number of hydrogen-bond donors (Lipinski definition) is 0. The zero-order chi connectivity index (χ0) is 19.1. The number of aromatic nitrogens is 1. The van der Waals surface area contributed by atoms with Crippen LogP contribution in [0.4, 0.5) is 9.59 Å². The summed E-state index contributed by atoms with van der Waals surface area (Å²) in [6.45, 7) is 8.60. The molecule has 7 heteroatoms. The Morgan fingerprint density at radius 2 is 1.96 bits per heavy atom. The first kappa shape index (κ1) is 18.8. The highest BCUT2D eigenvalue weighted by Crippen LogP contribution is 2.33. The largest absolute Gasteiger partial charge is 0.450 e. The van der Waals surface area contributed by atoms with Crippen LogP contribution in [0.5, 0.6) is 0 Å². The summed E-state index contributed by atoms with van der Waals surface area (Å²) in [6, 6.07) is 5.78. The Hall–Kier alpha value is -2.02. The topological polar surface area (TPSA) is 60.8 Å². The van der Waals surface area contributed by atoms with Crippen LogP contribution in [0, 0.1) is 0 Å². The van der Waals surface area contributed by atoms with Crippen LogP contribution in [0.25, 0.3) is 10.9 Å². The van der Waals surface area contributed by atoms with Crippen LogP contribution < -0.4 is 0 Å². The molecule has 26 heavy (non-hydrogen) atoms. The molecule has 6 nitrogen and oxygen atoms in total. The maximum absolute atomic E-state index is 12.8.